The Labute approximate surface area is 49.1 Å². The zero-order valence-corrected chi connectivity index (χ0v) is 4.94. The van der Waals surface area contributed by atoms with E-state index in [4.69, 9.17) is 5.73 Å². The summed E-state index contributed by atoms with van der Waals surface area (Å²) in [6.07, 6.45) is 2.59. The van der Waals surface area contributed by atoms with Gasteiger partial charge in [-0.25, -0.2) is 4.39 Å². The third-order valence-electron chi connectivity index (χ3n) is 1.89. The topological polar surface area (TPSA) is 26.0 Å². The van der Waals surface area contributed by atoms with E-state index in [9.17, 15) is 4.39 Å². The van der Waals surface area contributed by atoms with Gasteiger partial charge in [0, 0.05) is 6.54 Å². The van der Waals surface area contributed by atoms with Crippen molar-refractivity contribution in [3.63, 3.8) is 0 Å². The molecule has 48 valence electrons. The summed E-state index contributed by atoms with van der Waals surface area (Å²) in [6, 6.07) is 0. The second-order valence-electron chi connectivity index (χ2n) is 2.44. The van der Waals surface area contributed by atoms with Gasteiger partial charge in [-0.2, -0.15) is 0 Å². The first-order valence-electron chi connectivity index (χ1n) is 3.18. The SMILES string of the molecule is NC[C@@H](F)C1CCC1. The molecule has 0 spiro atoms. The quantitative estimate of drug-likeness (QED) is 0.575. The predicted molar refractivity (Wildman–Crippen MR) is 31.3 cm³/mol. The molecule has 1 saturated carbocycles. The Bertz CT molecular complexity index is 68.2. The second kappa shape index (κ2) is 2.44. The fraction of sp³-hybridized carbons (Fsp3) is 1.00. The van der Waals surface area contributed by atoms with E-state index in [1.54, 1.807) is 0 Å². The Morgan fingerprint density at radius 2 is 2.25 bits per heavy atom. The lowest BCUT2D eigenvalue weighted by atomic mass is 9.82. The van der Waals surface area contributed by atoms with Crippen molar-refractivity contribution in [3.05, 3.63) is 0 Å². The van der Waals surface area contributed by atoms with Crippen molar-refractivity contribution in [1.82, 2.24) is 0 Å². The monoisotopic (exact) mass is 117 g/mol. The van der Waals surface area contributed by atoms with E-state index in [1.807, 2.05) is 0 Å². The van der Waals surface area contributed by atoms with Gasteiger partial charge in [0.1, 0.15) is 6.17 Å². The van der Waals surface area contributed by atoms with E-state index >= 15 is 0 Å². The molecule has 0 aromatic rings. The van der Waals surface area contributed by atoms with E-state index in [2.05, 4.69) is 0 Å². The Balaban J connectivity index is 2.13. The summed E-state index contributed by atoms with van der Waals surface area (Å²) in [5, 5.41) is 0. The van der Waals surface area contributed by atoms with Crippen LogP contribution in [0.3, 0.4) is 0 Å². The van der Waals surface area contributed by atoms with Crippen LogP contribution in [0.15, 0.2) is 0 Å². The molecule has 0 aliphatic heterocycles. The highest BCUT2D eigenvalue weighted by atomic mass is 19.1. The van der Waals surface area contributed by atoms with Crippen LogP contribution in [0.25, 0.3) is 0 Å². The normalized spacial score (nSPS) is 24.8. The van der Waals surface area contributed by atoms with E-state index in [-0.39, 0.29) is 6.54 Å². The molecule has 1 atom stereocenters. The van der Waals surface area contributed by atoms with Gasteiger partial charge in [-0.3, -0.25) is 0 Å². The molecule has 0 aromatic heterocycles. The van der Waals surface area contributed by atoms with E-state index < -0.39 is 6.17 Å². The first-order chi connectivity index (χ1) is 3.84. The smallest absolute Gasteiger partial charge is 0.115 e. The van der Waals surface area contributed by atoms with Gasteiger partial charge in [0.25, 0.3) is 0 Å². The van der Waals surface area contributed by atoms with Gasteiger partial charge in [-0.1, -0.05) is 6.42 Å². The average Bonchev–Trinajstić information content (AvgIpc) is 1.62. The molecule has 0 heterocycles. The van der Waals surface area contributed by atoms with Crippen molar-refractivity contribution in [3.8, 4) is 0 Å². The standard InChI is InChI=1S/C6H12FN/c7-6(4-8)5-2-1-3-5/h5-6H,1-4,8H2/t6-/m1/s1. The molecule has 2 heteroatoms. The fourth-order valence-corrected chi connectivity index (χ4v) is 0.994. The number of rotatable bonds is 2. The van der Waals surface area contributed by atoms with Gasteiger partial charge in [-0.05, 0) is 18.8 Å². The lowest BCUT2D eigenvalue weighted by Gasteiger charge is -2.27. The maximum absolute atomic E-state index is 12.5. The Kier molecular flexibility index (Phi) is 1.84. The van der Waals surface area contributed by atoms with Crippen LogP contribution in [0.1, 0.15) is 19.3 Å². The Morgan fingerprint density at radius 3 is 2.38 bits per heavy atom. The summed E-state index contributed by atoms with van der Waals surface area (Å²) in [5.74, 6) is 0.306. The molecular formula is C6H12FN. The summed E-state index contributed by atoms with van der Waals surface area (Å²) in [7, 11) is 0. The fourth-order valence-electron chi connectivity index (χ4n) is 0.994. The molecule has 1 aliphatic carbocycles. The highest BCUT2D eigenvalue weighted by molar-refractivity contribution is 4.77. The van der Waals surface area contributed by atoms with Crippen molar-refractivity contribution in [2.24, 2.45) is 11.7 Å². The predicted octanol–water partition coefficient (Wildman–Crippen LogP) is 1.08. The van der Waals surface area contributed by atoms with Gasteiger partial charge in [0.15, 0.2) is 0 Å². The maximum Gasteiger partial charge on any atom is 0.115 e. The van der Waals surface area contributed by atoms with Crippen molar-refractivity contribution in [2.45, 2.75) is 25.4 Å². The van der Waals surface area contributed by atoms with Gasteiger partial charge in [0.2, 0.25) is 0 Å². The molecule has 1 nitrogen and oxygen atoms in total. The van der Waals surface area contributed by atoms with Gasteiger partial charge in [-0.15, -0.1) is 0 Å². The van der Waals surface area contributed by atoms with Crippen molar-refractivity contribution >= 4 is 0 Å². The van der Waals surface area contributed by atoms with Gasteiger partial charge in [0.05, 0.1) is 0 Å². The summed E-state index contributed by atoms with van der Waals surface area (Å²) in [4.78, 5) is 0. The van der Waals surface area contributed by atoms with Gasteiger partial charge >= 0.3 is 0 Å². The molecule has 1 rings (SSSR count). The highest BCUT2D eigenvalue weighted by Gasteiger charge is 2.25. The number of hydrogen-bond donors (Lipinski definition) is 1. The third-order valence-corrected chi connectivity index (χ3v) is 1.89. The second-order valence-corrected chi connectivity index (χ2v) is 2.44. The summed E-state index contributed by atoms with van der Waals surface area (Å²) in [5.41, 5.74) is 5.11. The van der Waals surface area contributed by atoms with Crippen LogP contribution in [-0.2, 0) is 0 Å². The number of hydrogen-bond acceptors (Lipinski definition) is 1. The van der Waals surface area contributed by atoms with Crippen LogP contribution in [0.2, 0.25) is 0 Å². The first-order valence-corrected chi connectivity index (χ1v) is 3.18. The summed E-state index contributed by atoms with van der Waals surface area (Å²) >= 11 is 0. The number of alkyl halides is 1. The third kappa shape index (κ3) is 0.996. The average molecular weight is 117 g/mol. The molecule has 1 aliphatic rings. The van der Waals surface area contributed by atoms with Crippen molar-refractivity contribution < 1.29 is 4.39 Å². The van der Waals surface area contributed by atoms with Crippen LogP contribution in [-0.4, -0.2) is 12.7 Å². The minimum absolute atomic E-state index is 0.213. The summed E-state index contributed by atoms with van der Waals surface area (Å²) in [6.45, 7) is 0.213. The molecule has 0 amide bonds. The van der Waals surface area contributed by atoms with Crippen molar-refractivity contribution in [1.29, 1.82) is 0 Å². The van der Waals surface area contributed by atoms with E-state index in [0.29, 0.717) is 5.92 Å². The lowest BCUT2D eigenvalue weighted by molar-refractivity contribution is 0.155. The van der Waals surface area contributed by atoms with Crippen LogP contribution in [0.4, 0.5) is 4.39 Å². The van der Waals surface area contributed by atoms with E-state index in [0.717, 1.165) is 12.8 Å². The number of halogens is 1. The van der Waals surface area contributed by atoms with Crippen LogP contribution in [0.5, 0.6) is 0 Å². The lowest BCUT2D eigenvalue weighted by Crippen LogP contribution is -2.29. The largest absolute Gasteiger partial charge is 0.328 e. The molecular weight excluding hydrogens is 105 g/mol. The molecule has 2 N–H and O–H groups in total. The van der Waals surface area contributed by atoms with Crippen molar-refractivity contribution in [2.75, 3.05) is 6.54 Å². The van der Waals surface area contributed by atoms with Crippen LogP contribution < -0.4 is 5.73 Å². The molecule has 0 unspecified atom stereocenters. The molecule has 8 heavy (non-hydrogen) atoms. The molecule has 0 bridgehead atoms. The Hall–Kier alpha value is -0.110. The molecule has 0 radical (unpaired) electrons. The van der Waals surface area contributed by atoms with Gasteiger partial charge < -0.3 is 5.73 Å². The maximum atomic E-state index is 12.5. The first kappa shape index (κ1) is 6.02. The summed E-state index contributed by atoms with van der Waals surface area (Å²) < 4.78 is 12.5. The van der Waals surface area contributed by atoms with E-state index in [1.165, 1.54) is 6.42 Å². The Morgan fingerprint density at radius 1 is 1.62 bits per heavy atom. The zero-order chi connectivity index (χ0) is 5.98. The minimum Gasteiger partial charge on any atom is -0.328 e. The zero-order valence-electron chi connectivity index (χ0n) is 4.94. The molecule has 1 fully saturated rings. The molecule has 0 saturated heterocycles. The molecule has 0 aromatic carbocycles. The highest BCUT2D eigenvalue weighted by Crippen LogP contribution is 2.30. The minimum atomic E-state index is -0.719. The van der Waals surface area contributed by atoms with Crippen LogP contribution >= 0.6 is 0 Å². The van der Waals surface area contributed by atoms with Crippen LogP contribution in [0, 0.1) is 5.92 Å². The number of nitrogens with two attached hydrogens (primary N) is 1.